The lowest BCUT2D eigenvalue weighted by Gasteiger charge is -2.08. The standard InChI is InChI=1S/C14H19ClN4O4/c1-8(2)16-14(22)17-11(20)7-23-12(21)6-5-10-9(3)18-19(4)13(10)15/h5-6,8H,7H2,1-4H3,(H2,16,17,20,22)/b6-5+. The first kappa shape index (κ1) is 18.7. The van der Waals surface area contributed by atoms with Crippen molar-refractivity contribution < 1.29 is 19.1 Å². The third kappa shape index (κ3) is 6.11. The molecule has 1 aromatic rings. The van der Waals surface area contributed by atoms with Gasteiger partial charge in [0, 0.05) is 24.7 Å². The minimum Gasteiger partial charge on any atom is -0.452 e. The fourth-order valence-electron chi connectivity index (χ4n) is 1.63. The van der Waals surface area contributed by atoms with Crippen molar-refractivity contribution in [1.82, 2.24) is 20.4 Å². The summed E-state index contributed by atoms with van der Waals surface area (Å²) in [5.41, 5.74) is 1.25. The van der Waals surface area contributed by atoms with Crippen molar-refractivity contribution in [3.05, 3.63) is 22.5 Å². The second kappa shape index (κ2) is 8.33. The number of imide groups is 1. The molecule has 9 heteroatoms. The number of rotatable bonds is 5. The molecule has 0 unspecified atom stereocenters. The normalized spacial score (nSPS) is 10.9. The number of urea groups is 1. The highest BCUT2D eigenvalue weighted by molar-refractivity contribution is 6.31. The number of aryl methyl sites for hydroxylation is 2. The van der Waals surface area contributed by atoms with Gasteiger partial charge in [0.2, 0.25) is 0 Å². The Morgan fingerprint density at radius 1 is 1.39 bits per heavy atom. The predicted octanol–water partition coefficient (Wildman–Crippen LogP) is 1.17. The first-order valence-corrected chi connectivity index (χ1v) is 7.22. The van der Waals surface area contributed by atoms with Crippen LogP contribution in [0.3, 0.4) is 0 Å². The average Bonchev–Trinajstić information content (AvgIpc) is 2.67. The lowest BCUT2D eigenvalue weighted by atomic mass is 10.2. The van der Waals surface area contributed by atoms with Crippen molar-refractivity contribution in [3.8, 4) is 0 Å². The van der Waals surface area contributed by atoms with Crippen LogP contribution in [0.5, 0.6) is 0 Å². The molecule has 2 N–H and O–H groups in total. The number of hydrogen-bond acceptors (Lipinski definition) is 5. The quantitative estimate of drug-likeness (QED) is 0.617. The van der Waals surface area contributed by atoms with Crippen LogP contribution in [0, 0.1) is 6.92 Å². The molecule has 126 valence electrons. The zero-order chi connectivity index (χ0) is 17.6. The lowest BCUT2D eigenvalue weighted by molar-refractivity contribution is -0.143. The molecule has 0 aromatic carbocycles. The summed E-state index contributed by atoms with van der Waals surface area (Å²) >= 11 is 6.01. The number of halogens is 1. The molecule has 8 nitrogen and oxygen atoms in total. The number of aromatic nitrogens is 2. The van der Waals surface area contributed by atoms with Gasteiger partial charge in [-0.3, -0.25) is 14.8 Å². The van der Waals surface area contributed by atoms with Crippen LogP contribution in [-0.4, -0.2) is 40.3 Å². The lowest BCUT2D eigenvalue weighted by Crippen LogP contribution is -2.43. The Hall–Kier alpha value is -2.35. The molecule has 0 saturated carbocycles. The number of amides is 3. The summed E-state index contributed by atoms with van der Waals surface area (Å²) in [5, 5.41) is 8.99. The third-order valence-electron chi connectivity index (χ3n) is 2.60. The maximum atomic E-state index is 11.6. The number of carbonyl (C=O) groups is 3. The van der Waals surface area contributed by atoms with Crippen LogP contribution in [-0.2, 0) is 21.4 Å². The van der Waals surface area contributed by atoms with Crippen LogP contribution in [0.25, 0.3) is 6.08 Å². The summed E-state index contributed by atoms with van der Waals surface area (Å²) in [7, 11) is 1.68. The smallest absolute Gasteiger partial charge is 0.331 e. The zero-order valence-electron chi connectivity index (χ0n) is 13.3. The number of esters is 1. The molecule has 1 heterocycles. The molecule has 0 atom stereocenters. The van der Waals surface area contributed by atoms with Gasteiger partial charge in [-0.1, -0.05) is 11.6 Å². The maximum Gasteiger partial charge on any atom is 0.331 e. The van der Waals surface area contributed by atoms with Crippen molar-refractivity contribution in [2.75, 3.05) is 6.61 Å². The Kier molecular flexibility index (Phi) is 6.77. The summed E-state index contributed by atoms with van der Waals surface area (Å²) in [5.74, 6) is -1.45. The van der Waals surface area contributed by atoms with E-state index in [1.54, 1.807) is 27.8 Å². The minimum atomic E-state index is -0.733. The topological polar surface area (TPSA) is 102 Å². The van der Waals surface area contributed by atoms with E-state index in [-0.39, 0.29) is 6.04 Å². The first-order chi connectivity index (χ1) is 10.7. The van der Waals surface area contributed by atoms with Gasteiger partial charge in [-0.05, 0) is 26.8 Å². The van der Waals surface area contributed by atoms with E-state index in [0.29, 0.717) is 16.4 Å². The number of hydrogen-bond donors (Lipinski definition) is 2. The Balaban J connectivity index is 2.46. The second-order valence-corrected chi connectivity index (χ2v) is 5.39. The molecule has 1 rings (SSSR count). The van der Waals surface area contributed by atoms with E-state index in [1.807, 2.05) is 5.32 Å². The summed E-state index contributed by atoms with van der Waals surface area (Å²) in [6.45, 7) is 4.69. The fraction of sp³-hybridized carbons (Fsp3) is 0.429. The van der Waals surface area contributed by atoms with Crippen LogP contribution in [0.15, 0.2) is 6.08 Å². The monoisotopic (exact) mass is 342 g/mol. The van der Waals surface area contributed by atoms with Gasteiger partial charge in [0.05, 0.1) is 5.69 Å². The summed E-state index contributed by atoms with van der Waals surface area (Å²) < 4.78 is 6.20. The van der Waals surface area contributed by atoms with E-state index >= 15 is 0 Å². The van der Waals surface area contributed by atoms with Gasteiger partial charge in [0.25, 0.3) is 5.91 Å². The number of nitrogens with zero attached hydrogens (tertiary/aromatic N) is 2. The number of carbonyl (C=O) groups excluding carboxylic acids is 3. The molecule has 0 fully saturated rings. The van der Waals surface area contributed by atoms with Crippen LogP contribution < -0.4 is 10.6 Å². The third-order valence-corrected chi connectivity index (χ3v) is 3.05. The van der Waals surface area contributed by atoms with E-state index < -0.39 is 24.5 Å². The Bertz CT molecular complexity index is 637. The van der Waals surface area contributed by atoms with Crippen molar-refractivity contribution in [1.29, 1.82) is 0 Å². The molecule has 0 bridgehead atoms. The Labute approximate surface area is 138 Å². The highest BCUT2D eigenvalue weighted by atomic mass is 35.5. The van der Waals surface area contributed by atoms with Gasteiger partial charge < -0.3 is 10.1 Å². The van der Waals surface area contributed by atoms with Crippen LogP contribution in [0.2, 0.25) is 5.15 Å². The zero-order valence-corrected chi connectivity index (χ0v) is 14.1. The molecule has 0 saturated heterocycles. The number of ether oxygens (including phenoxy) is 1. The molecule has 0 radical (unpaired) electrons. The highest BCUT2D eigenvalue weighted by Crippen LogP contribution is 2.19. The SMILES string of the molecule is Cc1nn(C)c(Cl)c1/C=C/C(=O)OCC(=O)NC(=O)NC(C)C. The van der Waals surface area contributed by atoms with Crippen LogP contribution in [0.1, 0.15) is 25.1 Å². The van der Waals surface area contributed by atoms with Crippen LogP contribution in [0.4, 0.5) is 4.79 Å². The second-order valence-electron chi connectivity index (χ2n) is 5.03. The Morgan fingerprint density at radius 2 is 2.04 bits per heavy atom. The molecule has 1 aromatic heterocycles. The van der Waals surface area contributed by atoms with Crippen molar-refractivity contribution in [2.24, 2.45) is 7.05 Å². The van der Waals surface area contributed by atoms with Gasteiger partial charge in [0.1, 0.15) is 5.15 Å². The van der Waals surface area contributed by atoms with Gasteiger partial charge in [-0.25, -0.2) is 9.59 Å². The van der Waals surface area contributed by atoms with E-state index in [1.165, 1.54) is 10.8 Å². The van der Waals surface area contributed by atoms with Gasteiger partial charge in [-0.2, -0.15) is 5.10 Å². The van der Waals surface area contributed by atoms with E-state index in [0.717, 1.165) is 6.08 Å². The largest absolute Gasteiger partial charge is 0.452 e. The van der Waals surface area contributed by atoms with Gasteiger partial charge >= 0.3 is 12.0 Å². The summed E-state index contributed by atoms with van der Waals surface area (Å²) in [4.78, 5) is 34.2. The molecule has 0 aliphatic heterocycles. The molecule has 3 amide bonds. The van der Waals surface area contributed by atoms with E-state index in [9.17, 15) is 14.4 Å². The van der Waals surface area contributed by atoms with Crippen LogP contribution >= 0.6 is 11.6 Å². The van der Waals surface area contributed by atoms with E-state index in [4.69, 9.17) is 16.3 Å². The molecule has 0 aliphatic carbocycles. The van der Waals surface area contributed by atoms with Crippen molar-refractivity contribution in [3.63, 3.8) is 0 Å². The van der Waals surface area contributed by atoms with Crippen molar-refractivity contribution >= 4 is 35.6 Å². The predicted molar refractivity (Wildman–Crippen MR) is 84.8 cm³/mol. The molecule has 0 spiro atoms. The molecule has 23 heavy (non-hydrogen) atoms. The molecular formula is C14H19ClN4O4. The number of nitrogens with one attached hydrogen (secondary N) is 2. The van der Waals surface area contributed by atoms with Gasteiger partial charge in [-0.15, -0.1) is 0 Å². The minimum absolute atomic E-state index is 0.110. The highest BCUT2D eigenvalue weighted by Gasteiger charge is 2.11. The average molecular weight is 343 g/mol. The maximum absolute atomic E-state index is 11.6. The molecule has 0 aliphatic rings. The summed E-state index contributed by atoms with van der Waals surface area (Å²) in [6, 6.07) is -0.755. The molecular weight excluding hydrogens is 324 g/mol. The Morgan fingerprint density at radius 3 is 2.57 bits per heavy atom. The van der Waals surface area contributed by atoms with E-state index in [2.05, 4.69) is 10.4 Å². The first-order valence-electron chi connectivity index (χ1n) is 6.85. The summed E-state index contributed by atoms with van der Waals surface area (Å²) in [6.07, 6.45) is 2.59. The van der Waals surface area contributed by atoms with Gasteiger partial charge in [0.15, 0.2) is 6.61 Å². The fourth-order valence-corrected chi connectivity index (χ4v) is 1.87. The van der Waals surface area contributed by atoms with Crippen molar-refractivity contribution in [2.45, 2.75) is 26.8 Å².